The van der Waals surface area contributed by atoms with Gasteiger partial charge in [0.1, 0.15) is 29.2 Å². The third-order valence-corrected chi connectivity index (χ3v) is 3.69. The summed E-state index contributed by atoms with van der Waals surface area (Å²) in [5.41, 5.74) is 1.30. The Kier molecular flexibility index (Phi) is 3.51. The molecule has 3 rings (SSSR count). The van der Waals surface area contributed by atoms with E-state index in [1.807, 2.05) is 0 Å². The van der Waals surface area contributed by atoms with Gasteiger partial charge in [0.2, 0.25) is 0 Å². The maximum atomic E-state index is 13.4. The molecular formula is C16H15F2NO2. The van der Waals surface area contributed by atoms with E-state index >= 15 is 0 Å². The first-order valence-corrected chi connectivity index (χ1v) is 6.69. The van der Waals surface area contributed by atoms with Gasteiger partial charge < -0.3 is 15.2 Å². The molecule has 0 saturated carbocycles. The molecule has 110 valence electrons. The second-order valence-electron chi connectivity index (χ2n) is 5.11. The molecule has 0 amide bonds. The lowest BCUT2D eigenvalue weighted by Gasteiger charge is -2.32. The molecule has 2 unspecified atom stereocenters. The van der Waals surface area contributed by atoms with Crippen LogP contribution < -0.4 is 10.1 Å². The summed E-state index contributed by atoms with van der Waals surface area (Å²) in [5.74, 6) is -0.408. The molecule has 0 bridgehead atoms. The largest absolute Gasteiger partial charge is 0.508 e. The molecule has 1 aliphatic heterocycles. The minimum Gasteiger partial charge on any atom is -0.508 e. The van der Waals surface area contributed by atoms with Gasteiger partial charge in [-0.05, 0) is 42.9 Å². The molecule has 0 spiro atoms. The predicted octanol–water partition coefficient (Wildman–Crippen LogP) is 3.45. The molecule has 0 fully saturated rings. The minimum absolute atomic E-state index is 0.0974. The topological polar surface area (TPSA) is 41.5 Å². The van der Waals surface area contributed by atoms with Crippen molar-refractivity contribution >= 4 is 0 Å². The van der Waals surface area contributed by atoms with E-state index in [0.29, 0.717) is 17.7 Å². The van der Waals surface area contributed by atoms with Crippen LogP contribution in [0.1, 0.15) is 29.7 Å². The fraction of sp³-hybridized carbons (Fsp3) is 0.250. The van der Waals surface area contributed by atoms with Gasteiger partial charge in [-0.25, -0.2) is 8.78 Å². The quantitative estimate of drug-likeness (QED) is 0.890. The highest BCUT2D eigenvalue weighted by atomic mass is 19.1. The second-order valence-corrected chi connectivity index (χ2v) is 5.11. The summed E-state index contributed by atoms with van der Waals surface area (Å²) in [7, 11) is 1.78. The monoisotopic (exact) mass is 291 g/mol. The molecule has 2 aromatic carbocycles. The van der Waals surface area contributed by atoms with E-state index < -0.39 is 11.9 Å². The minimum atomic E-state index is -0.514. The smallest absolute Gasteiger partial charge is 0.127 e. The van der Waals surface area contributed by atoms with E-state index in [2.05, 4.69) is 5.32 Å². The van der Waals surface area contributed by atoms with Crippen molar-refractivity contribution in [2.75, 3.05) is 7.05 Å². The number of benzene rings is 2. The Hall–Kier alpha value is -2.14. The number of phenols is 1. The fourth-order valence-corrected chi connectivity index (χ4v) is 2.70. The maximum absolute atomic E-state index is 13.4. The number of hydrogen-bond donors (Lipinski definition) is 2. The van der Waals surface area contributed by atoms with Gasteiger partial charge in [0.25, 0.3) is 0 Å². The summed E-state index contributed by atoms with van der Waals surface area (Å²) < 4.78 is 32.6. The van der Waals surface area contributed by atoms with Crippen LogP contribution in [-0.2, 0) is 0 Å². The number of nitrogens with one attached hydrogen (secondary N) is 1. The van der Waals surface area contributed by atoms with Gasteiger partial charge in [0, 0.05) is 24.1 Å². The van der Waals surface area contributed by atoms with Crippen molar-refractivity contribution in [3.8, 4) is 11.5 Å². The van der Waals surface area contributed by atoms with Gasteiger partial charge in [-0.2, -0.15) is 0 Å². The molecular weight excluding hydrogens is 276 g/mol. The van der Waals surface area contributed by atoms with Crippen molar-refractivity contribution in [3.05, 3.63) is 59.2 Å². The van der Waals surface area contributed by atoms with Crippen molar-refractivity contribution in [1.29, 1.82) is 0 Å². The average molecular weight is 291 g/mol. The summed E-state index contributed by atoms with van der Waals surface area (Å²) in [6.07, 6.45) is 0.123. The maximum Gasteiger partial charge on any atom is 0.127 e. The number of halogens is 2. The lowest BCUT2D eigenvalue weighted by Crippen LogP contribution is -2.27. The predicted molar refractivity (Wildman–Crippen MR) is 74.3 cm³/mol. The lowest BCUT2D eigenvalue weighted by atomic mass is 9.93. The Bertz CT molecular complexity index is 655. The summed E-state index contributed by atoms with van der Waals surface area (Å²) in [6, 6.07) is 8.11. The zero-order valence-electron chi connectivity index (χ0n) is 11.4. The molecule has 1 heterocycles. The van der Waals surface area contributed by atoms with Crippen LogP contribution in [0.5, 0.6) is 11.5 Å². The van der Waals surface area contributed by atoms with Crippen LogP contribution >= 0.6 is 0 Å². The highest BCUT2D eigenvalue weighted by molar-refractivity contribution is 5.40. The van der Waals surface area contributed by atoms with Crippen LogP contribution in [0.25, 0.3) is 0 Å². The summed E-state index contributed by atoms with van der Waals surface area (Å²) in [6.45, 7) is 0. The highest BCUT2D eigenvalue weighted by Crippen LogP contribution is 2.41. The van der Waals surface area contributed by atoms with E-state index in [-0.39, 0.29) is 17.6 Å². The Balaban J connectivity index is 1.98. The molecule has 5 heteroatoms. The zero-order valence-corrected chi connectivity index (χ0v) is 11.4. The number of rotatable bonds is 2. The van der Waals surface area contributed by atoms with Gasteiger partial charge in [-0.3, -0.25) is 0 Å². The molecule has 2 N–H and O–H groups in total. The molecule has 0 aromatic heterocycles. The summed E-state index contributed by atoms with van der Waals surface area (Å²) >= 11 is 0. The van der Waals surface area contributed by atoms with E-state index in [9.17, 15) is 13.9 Å². The Labute approximate surface area is 121 Å². The standard InChI is InChI=1S/C16H15F2NO2/c1-19-14-8-16(9-4-11(18)6-12(20)5-9)21-15-3-2-10(17)7-13(14)15/h2-7,14,16,19-20H,8H2,1H3. The van der Waals surface area contributed by atoms with E-state index in [1.54, 1.807) is 13.1 Å². The molecule has 3 nitrogen and oxygen atoms in total. The number of ether oxygens (including phenoxy) is 1. The summed E-state index contributed by atoms with van der Waals surface area (Å²) in [5, 5.41) is 12.6. The van der Waals surface area contributed by atoms with Gasteiger partial charge in [-0.15, -0.1) is 0 Å². The molecule has 0 radical (unpaired) electrons. The third kappa shape index (κ3) is 2.69. The molecule has 2 atom stereocenters. The van der Waals surface area contributed by atoms with Crippen LogP contribution in [0, 0.1) is 11.6 Å². The van der Waals surface area contributed by atoms with Crippen LogP contribution in [0.4, 0.5) is 8.78 Å². The van der Waals surface area contributed by atoms with E-state index in [4.69, 9.17) is 4.74 Å². The first-order valence-electron chi connectivity index (χ1n) is 6.69. The first-order chi connectivity index (χ1) is 10.1. The SMILES string of the molecule is CNC1CC(c2cc(O)cc(F)c2)Oc2ccc(F)cc21. The van der Waals surface area contributed by atoms with Crippen LogP contribution in [0.15, 0.2) is 36.4 Å². The normalized spacial score (nSPS) is 20.7. The molecule has 0 aliphatic carbocycles. The fourth-order valence-electron chi connectivity index (χ4n) is 2.70. The Morgan fingerprint density at radius 3 is 2.67 bits per heavy atom. The molecule has 0 saturated heterocycles. The van der Waals surface area contributed by atoms with Crippen molar-refractivity contribution in [2.24, 2.45) is 0 Å². The lowest BCUT2D eigenvalue weighted by molar-refractivity contribution is 0.153. The van der Waals surface area contributed by atoms with E-state index in [1.165, 1.54) is 24.3 Å². The third-order valence-electron chi connectivity index (χ3n) is 3.69. The number of hydrogen-bond acceptors (Lipinski definition) is 3. The Morgan fingerprint density at radius 2 is 1.95 bits per heavy atom. The van der Waals surface area contributed by atoms with E-state index in [0.717, 1.165) is 11.6 Å². The number of aromatic hydroxyl groups is 1. The summed E-state index contributed by atoms with van der Waals surface area (Å²) in [4.78, 5) is 0. The van der Waals surface area contributed by atoms with Crippen LogP contribution in [-0.4, -0.2) is 12.2 Å². The van der Waals surface area contributed by atoms with Crippen molar-refractivity contribution in [2.45, 2.75) is 18.6 Å². The van der Waals surface area contributed by atoms with Crippen LogP contribution in [0.3, 0.4) is 0 Å². The number of phenolic OH excluding ortho intramolecular Hbond substituents is 1. The van der Waals surface area contributed by atoms with Crippen LogP contribution in [0.2, 0.25) is 0 Å². The van der Waals surface area contributed by atoms with Gasteiger partial charge >= 0.3 is 0 Å². The highest BCUT2D eigenvalue weighted by Gasteiger charge is 2.29. The molecule has 2 aromatic rings. The average Bonchev–Trinajstić information content (AvgIpc) is 2.45. The van der Waals surface area contributed by atoms with Crippen molar-refractivity contribution in [3.63, 3.8) is 0 Å². The first kappa shape index (κ1) is 13.8. The van der Waals surface area contributed by atoms with Crippen molar-refractivity contribution in [1.82, 2.24) is 5.32 Å². The number of fused-ring (bicyclic) bond motifs is 1. The van der Waals surface area contributed by atoms with Crippen molar-refractivity contribution < 1.29 is 18.6 Å². The van der Waals surface area contributed by atoms with Gasteiger partial charge in [0.15, 0.2) is 0 Å². The molecule has 1 aliphatic rings. The molecule has 21 heavy (non-hydrogen) atoms. The Morgan fingerprint density at radius 1 is 1.14 bits per heavy atom. The van der Waals surface area contributed by atoms with Gasteiger partial charge in [0.05, 0.1) is 0 Å². The second kappa shape index (κ2) is 5.33. The zero-order chi connectivity index (χ0) is 15.0. The van der Waals surface area contributed by atoms with Gasteiger partial charge in [-0.1, -0.05) is 0 Å².